The van der Waals surface area contributed by atoms with E-state index in [0.29, 0.717) is 24.0 Å². The van der Waals surface area contributed by atoms with Gasteiger partial charge < -0.3 is 4.74 Å². The van der Waals surface area contributed by atoms with Gasteiger partial charge in [0.05, 0.1) is 5.37 Å². The zero-order valence-corrected chi connectivity index (χ0v) is 11.6. The van der Waals surface area contributed by atoms with Crippen molar-refractivity contribution in [2.24, 2.45) is 11.8 Å². The lowest BCUT2D eigenvalue weighted by atomic mass is 9.68. The van der Waals surface area contributed by atoms with Crippen molar-refractivity contribution in [2.45, 2.75) is 17.9 Å². The fourth-order valence-electron chi connectivity index (χ4n) is 3.07. The summed E-state index contributed by atoms with van der Waals surface area (Å²) < 4.78 is 5.94. The fraction of sp³-hybridized carbons (Fsp3) is 0.667. The van der Waals surface area contributed by atoms with Crippen LogP contribution in [0.25, 0.3) is 0 Å². The highest BCUT2D eigenvalue weighted by atomic mass is 33.1. The predicted molar refractivity (Wildman–Crippen MR) is 73.5 cm³/mol. The number of fused-ring (bicyclic) bond motifs is 2. The molecule has 18 heavy (non-hydrogen) atoms. The minimum atomic E-state index is 0.348. The Bertz CT molecular complexity index is 417. The van der Waals surface area contributed by atoms with Crippen molar-refractivity contribution in [3.05, 3.63) is 18.5 Å². The molecule has 1 aromatic rings. The molecule has 4 fully saturated rings. The lowest BCUT2D eigenvalue weighted by molar-refractivity contribution is -0.0972. The summed E-state index contributed by atoms with van der Waals surface area (Å²) in [6.07, 6.45) is 5.15. The van der Waals surface area contributed by atoms with Crippen LogP contribution in [0, 0.1) is 11.8 Å². The smallest absolute Gasteiger partial charge is 0.316 e. The normalized spacial score (nSPS) is 38.7. The van der Waals surface area contributed by atoms with E-state index in [1.807, 2.05) is 27.7 Å². The average Bonchev–Trinajstić information content (AvgIpc) is 2.35. The van der Waals surface area contributed by atoms with Crippen LogP contribution in [0.5, 0.6) is 6.01 Å². The summed E-state index contributed by atoms with van der Waals surface area (Å²) in [5.74, 6) is 2.65. The molecule has 3 unspecified atom stereocenters. The van der Waals surface area contributed by atoms with Crippen LogP contribution in [-0.4, -0.2) is 45.2 Å². The first-order valence-corrected chi connectivity index (χ1v) is 8.74. The molecule has 4 nitrogen and oxygen atoms in total. The Labute approximate surface area is 114 Å². The largest absolute Gasteiger partial charge is 0.459 e. The zero-order chi connectivity index (χ0) is 11.9. The van der Waals surface area contributed by atoms with Crippen molar-refractivity contribution in [3.8, 4) is 6.01 Å². The zero-order valence-electron chi connectivity index (χ0n) is 9.94. The number of piperidine rings is 2. The van der Waals surface area contributed by atoms with Gasteiger partial charge in [-0.25, -0.2) is 9.97 Å². The van der Waals surface area contributed by atoms with Gasteiger partial charge in [0.2, 0.25) is 0 Å². The molecule has 1 aromatic heterocycles. The first kappa shape index (κ1) is 11.4. The molecule has 1 saturated carbocycles. The molecule has 3 aliphatic heterocycles. The Morgan fingerprint density at radius 1 is 1.22 bits per heavy atom. The summed E-state index contributed by atoms with van der Waals surface area (Å²) >= 11 is 0. The minimum absolute atomic E-state index is 0.348. The number of rotatable bonds is 3. The van der Waals surface area contributed by atoms with Crippen molar-refractivity contribution in [3.63, 3.8) is 0 Å². The minimum Gasteiger partial charge on any atom is -0.459 e. The Balaban J connectivity index is 1.39. The van der Waals surface area contributed by atoms with E-state index in [1.165, 1.54) is 25.3 Å². The van der Waals surface area contributed by atoms with Crippen molar-refractivity contribution in [1.29, 1.82) is 0 Å². The van der Waals surface area contributed by atoms with E-state index >= 15 is 0 Å². The Hall–Kier alpha value is -0.460. The Morgan fingerprint density at radius 2 is 1.94 bits per heavy atom. The second kappa shape index (κ2) is 4.58. The van der Waals surface area contributed by atoms with Gasteiger partial charge >= 0.3 is 6.01 Å². The fourth-order valence-corrected chi connectivity index (χ4v) is 4.97. The molecule has 1 aliphatic carbocycles. The van der Waals surface area contributed by atoms with Crippen LogP contribution >= 0.6 is 21.6 Å². The van der Waals surface area contributed by atoms with Gasteiger partial charge in [0, 0.05) is 43.1 Å². The first-order chi connectivity index (χ1) is 8.90. The summed E-state index contributed by atoms with van der Waals surface area (Å²) in [5, 5.41) is 0.759. The summed E-state index contributed by atoms with van der Waals surface area (Å²) in [5.41, 5.74) is 0. The van der Waals surface area contributed by atoms with Crippen LogP contribution in [0.3, 0.4) is 0 Å². The maximum atomic E-state index is 5.94. The van der Waals surface area contributed by atoms with Crippen LogP contribution < -0.4 is 4.74 Å². The van der Waals surface area contributed by atoms with Gasteiger partial charge in [-0.3, -0.25) is 4.90 Å². The molecule has 4 aliphatic rings. The third-order valence-electron chi connectivity index (χ3n) is 4.05. The third kappa shape index (κ3) is 1.90. The highest BCUT2D eigenvalue weighted by molar-refractivity contribution is 8.79. The van der Waals surface area contributed by atoms with Crippen molar-refractivity contribution >= 4 is 21.6 Å². The van der Waals surface area contributed by atoms with Crippen molar-refractivity contribution in [1.82, 2.24) is 14.9 Å². The maximum Gasteiger partial charge on any atom is 0.316 e. The molecule has 4 heterocycles. The molecule has 3 saturated heterocycles. The number of aromatic nitrogens is 2. The van der Waals surface area contributed by atoms with Gasteiger partial charge in [-0.05, 0) is 12.5 Å². The van der Waals surface area contributed by atoms with E-state index in [-0.39, 0.29) is 0 Å². The van der Waals surface area contributed by atoms with Gasteiger partial charge in [-0.15, -0.1) is 0 Å². The van der Waals surface area contributed by atoms with E-state index in [1.54, 1.807) is 12.4 Å². The highest BCUT2D eigenvalue weighted by Gasteiger charge is 2.50. The van der Waals surface area contributed by atoms with E-state index in [2.05, 4.69) is 14.9 Å². The van der Waals surface area contributed by atoms with E-state index in [0.717, 1.165) is 5.37 Å². The quantitative estimate of drug-likeness (QED) is 0.788. The van der Waals surface area contributed by atoms with Crippen LogP contribution in [0.4, 0.5) is 0 Å². The lowest BCUT2D eigenvalue weighted by Crippen LogP contribution is -2.62. The van der Waals surface area contributed by atoms with Crippen molar-refractivity contribution < 1.29 is 4.74 Å². The molecule has 96 valence electrons. The summed E-state index contributed by atoms with van der Waals surface area (Å²) in [6.45, 7) is 2.37. The molecular formula is C12H15N3OS2. The SMILES string of the molecule is c1cnc(OC2C3CC2CN(C2CSS2)C3)nc1. The predicted octanol–water partition coefficient (Wildman–Crippen LogP) is 1.90. The van der Waals surface area contributed by atoms with Crippen LogP contribution in [0.2, 0.25) is 0 Å². The standard InChI is InChI=1S/C12H15N3OS2/c1-2-13-12(14-3-1)16-11-8-4-9(11)6-15(5-8)10-7-17-18-10/h1-3,8-11H,4-7H2. The molecule has 0 radical (unpaired) electrons. The van der Waals surface area contributed by atoms with Gasteiger partial charge in [-0.1, -0.05) is 21.6 Å². The molecular weight excluding hydrogens is 266 g/mol. The Kier molecular flexibility index (Phi) is 2.89. The van der Waals surface area contributed by atoms with E-state index in [9.17, 15) is 0 Å². The van der Waals surface area contributed by atoms with Gasteiger partial charge in [-0.2, -0.15) is 0 Å². The van der Waals surface area contributed by atoms with Gasteiger partial charge in [0.25, 0.3) is 0 Å². The van der Waals surface area contributed by atoms with Crippen LogP contribution in [-0.2, 0) is 0 Å². The monoisotopic (exact) mass is 281 g/mol. The second-order valence-corrected chi connectivity index (χ2v) is 7.75. The van der Waals surface area contributed by atoms with Crippen LogP contribution in [0.1, 0.15) is 6.42 Å². The second-order valence-electron chi connectivity index (χ2n) is 5.16. The molecule has 0 spiro atoms. The average molecular weight is 281 g/mol. The summed E-state index contributed by atoms with van der Waals surface area (Å²) in [4.78, 5) is 10.9. The van der Waals surface area contributed by atoms with E-state index < -0.39 is 0 Å². The molecule has 5 rings (SSSR count). The number of nitrogens with zero attached hydrogens (tertiary/aromatic N) is 3. The summed E-state index contributed by atoms with van der Waals surface area (Å²) in [7, 11) is 4.00. The number of ether oxygens (including phenoxy) is 1. The topological polar surface area (TPSA) is 38.2 Å². The molecule has 2 bridgehead atoms. The lowest BCUT2D eigenvalue weighted by Gasteiger charge is -2.55. The number of hydrogen-bond donors (Lipinski definition) is 0. The third-order valence-corrected chi connectivity index (χ3v) is 7.02. The first-order valence-electron chi connectivity index (χ1n) is 6.36. The van der Waals surface area contributed by atoms with Gasteiger partial charge in [0.1, 0.15) is 6.10 Å². The molecule has 0 aromatic carbocycles. The van der Waals surface area contributed by atoms with Crippen LogP contribution in [0.15, 0.2) is 18.5 Å². The molecule has 3 atom stereocenters. The molecule has 0 N–H and O–H groups in total. The summed E-state index contributed by atoms with van der Waals surface area (Å²) in [6, 6.07) is 2.36. The molecule has 6 heteroatoms. The molecule has 0 amide bonds. The van der Waals surface area contributed by atoms with Gasteiger partial charge in [0.15, 0.2) is 0 Å². The van der Waals surface area contributed by atoms with E-state index in [4.69, 9.17) is 4.74 Å². The highest BCUT2D eigenvalue weighted by Crippen LogP contribution is 2.48. The van der Waals surface area contributed by atoms with Crippen molar-refractivity contribution in [2.75, 3.05) is 18.8 Å². The Morgan fingerprint density at radius 3 is 2.56 bits per heavy atom. The maximum absolute atomic E-state index is 5.94. The number of hydrogen-bond acceptors (Lipinski definition) is 6.